The summed E-state index contributed by atoms with van der Waals surface area (Å²) >= 11 is 0. The number of pyridine rings is 1. The molecule has 5 heteroatoms. The van der Waals surface area contributed by atoms with Crippen LogP contribution in [0.2, 0.25) is 0 Å². The molecule has 0 atom stereocenters. The fourth-order valence-corrected chi connectivity index (χ4v) is 3.36. The Hall–Kier alpha value is -3.31. The van der Waals surface area contributed by atoms with Crippen LogP contribution in [0.15, 0.2) is 79.3 Å². The number of hydrogen-bond acceptors (Lipinski definition) is 3. The SMILES string of the molecule is Cc1ccc(-n2cc(CN(C)Cc3cccnc3)c(-c3ccc(F)cc3)n2)cc1. The quantitative estimate of drug-likeness (QED) is 0.467. The van der Waals surface area contributed by atoms with Crippen molar-refractivity contribution >= 4 is 0 Å². The number of hydrogen-bond donors (Lipinski definition) is 0. The van der Waals surface area contributed by atoms with Crippen LogP contribution in [0.1, 0.15) is 16.7 Å². The van der Waals surface area contributed by atoms with Gasteiger partial charge in [0.2, 0.25) is 0 Å². The Balaban J connectivity index is 1.66. The van der Waals surface area contributed by atoms with Crippen LogP contribution in [0.5, 0.6) is 0 Å². The summed E-state index contributed by atoms with van der Waals surface area (Å²) in [6, 6.07) is 18.8. The minimum Gasteiger partial charge on any atom is -0.298 e. The van der Waals surface area contributed by atoms with Crippen molar-refractivity contribution in [2.75, 3.05) is 7.05 Å². The molecule has 4 nitrogen and oxygen atoms in total. The van der Waals surface area contributed by atoms with E-state index in [0.717, 1.165) is 34.6 Å². The van der Waals surface area contributed by atoms with Crippen molar-refractivity contribution in [2.45, 2.75) is 20.0 Å². The molecule has 4 rings (SSSR count). The first-order chi connectivity index (χ1) is 14.1. The van der Waals surface area contributed by atoms with Gasteiger partial charge in [0, 0.05) is 42.8 Å². The molecule has 2 heterocycles. The Morgan fingerprint density at radius 2 is 1.72 bits per heavy atom. The van der Waals surface area contributed by atoms with E-state index in [2.05, 4.69) is 60.4 Å². The molecule has 0 spiro atoms. The molecular formula is C24H23FN4. The smallest absolute Gasteiger partial charge is 0.123 e. The van der Waals surface area contributed by atoms with E-state index in [1.54, 1.807) is 18.3 Å². The minimum absolute atomic E-state index is 0.248. The van der Waals surface area contributed by atoms with E-state index in [9.17, 15) is 4.39 Å². The Kier molecular flexibility index (Phi) is 5.49. The van der Waals surface area contributed by atoms with Crippen LogP contribution < -0.4 is 0 Å². The summed E-state index contributed by atoms with van der Waals surface area (Å²) in [6.45, 7) is 3.56. The lowest BCUT2D eigenvalue weighted by Gasteiger charge is -2.16. The summed E-state index contributed by atoms with van der Waals surface area (Å²) in [6.07, 6.45) is 5.72. The highest BCUT2D eigenvalue weighted by atomic mass is 19.1. The van der Waals surface area contributed by atoms with Gasteiger partial charge in [-0.25, -0.2) is 9.07 Å². The van der Waals surface area contributed by atoms with Crippen molar-refractivity contribution in [1.82, 2.24) is 19.7 Å². The van der Waals surface area contributed by atoms with Crippen LogP contribution in [0, 0.1) is 12.7 Å². The molecule has 4 aromatic rings. The highest BCUT2D eigenvalue weighted by molar-refractivity contribution is 5.63. The van der Waals surface area contributed by atoms with Crippen molar-refractivity contribution in [3.63, 3.8) is 0 Å². The normalized spacial score (nSPS) is 11.2. The van der Waals surface area contributed by atoms with Gasteiger partial charge in [-0.15, -0.1) is 0 Å². The lowest BCUT2D eigenvalue weighted by molar-refractivity contribution is 0.319. The summed E-state index contributed by atoms with van der Waals surface area (Å²) in [7, 11) is 2.07. The molecule has 0 amide bonds. The molecule has 0 radical (unpaired) electrons. The molecule has 0 saturated heterocycles. The highest BCUT2D eigenvalue weighted by Crippen LogP contribution is 2.25. The average molecular weight is 386 g/mol. The zero-order valence-corrected chi connectivity index (χ0v) is 16.6. The van der Waals surface area contributed by atoms with Gasteiger partial charge in [0.25, 0.3) is 0 Å². The Morgan fingerprint density at radius 1 is 0.966 bits per heavy atom. The minimum atomic E-state index is -0.248. The van der Waals surface area contributed by atoms with E-state index in [1.165, 1.54) is 17.7 Å². The van der Waals surface area contributed by atoms with E-state index >= 15 is 0 Å². The van der Waals surface area contributed by atoms with Crippen molar-refractivity contribution < 1.29 is 4.39 Å². The molecule has 0 aliphatic heterocycles. The predicted molar refractivity (Wildman–Crippen MR) is 113 cm³/mol. The van der Waals surface area contributed by atoms with Crippen LogP contribution in [-0.4, -0.2) is 26.7 Å². The third-order valence-electron chi connectivity index (χ3n) is 4.82. The molecule has 0 aliphatic rings. The zero-order chi connectivity index (χ0) is 20.2. The molecule has 0 fully saturated rings. The molecule has 0 unspecified atom stereocenters. The second-order valence-electron chi connectivity index (χ2n) is 7.32. The standard InChI is InChI=1S/C24H23FN4/c1-18-5-11-23(12-6-18)29-17-21(16-28(2)15-19-4-3-13-26-14-19)24(27-29)20-7-9-22(25)10-8-20/h3-14,17H,15-16H2,1-2H3. The second kappa shape index (κ2) is 8.37. The lowest BCUT2D eigenvalue weighted by Crippen LogP contribution is -2.17. The first-order valence-corrected chi connectivity index (χ1v) is 9.57. The number of rotatable bonds is 6. The van der Waals surface area contributed by atoms with Crippen molar-refractivity contribution in [3.05, 3.63) is 102 Å². The summed E-state index contributed by atoms with van der Waals surface area (Å²) < 4.78 is 15.3. The maximum Gasteiger partial charge on any atom is 0.123 e. The van der Waals surface area contributed by atoms with Crippen LogP contribution in [0.4, 0.5) is 4.39 Å². The van der Waals surface area contributed by atoms with Gasteiger partial charge in [0.15, 0.2) is 0 Å². The molecule has 0 N–H and O–H groups in total. The van der Waals surface area contributed by atoms with Crippen LogP contribution in [-0.2, 0) is 13.1 Å². The number of benzene rings is 2. The van der Waals surface area contributed by atoms with Crippen LogP contribution >= 0.6 is 0 Å². The van der Waals surface area contributed by atoms with Gasteiger partial charge in [0.1, 0.15) is 5.82 Å². The van der Waals surface area contributed by atoms with E-state index in [-0.39, 0.29) is 5.82 Å². The number of aromatic nitrogens is 3. The summed E-state index contributed by atoms with van der Waals surface area (Å²) in [5.74, 6) is -0.248. The third-order valence-corrected chi connectivity index (χ3v) is 4.82. The molecule has 2 aromatic heterocycles. The van der Waals surface area contributed by atoms with Crippen molar-refractivity contribution in [1.29, 1.82) is 0 Å². The van der Waals surface area contributed by atoms with Gasteiger partial charge in [-0.2, -0.15) is 5.10 Å². The van der Waals surface area contributed by atoms with E-state index in [0.29, 0.717) is 6.54 Å². The van der Waals surface area contributed by atoms with Crippen molar-refractivity contribution in [2.24, 2.45) is 0 Å². The number of aryl methyl sites for hydroxylation is 1. The topological polar surface area (TPSA) is 34.0 Å². The van der Waals surface area contributed by atoms with Crippen molar-refractivity contribution in [3.8, 4) is 16.9 Å². The zero-order valence-electron chi connectivity index (χ0n) is 16.6. The van der Waals surface area contributed by atoms with E-state index in [4.69, 9.17) is 5.10 Å². The molecule has 146 valence electrons. The van der Waals surface area contributed by atoms with Gasteiger partial charge in [0.05, 0.1) is 11.4 Å². The summed E-state index contributed by atoms with van der Waals surface area (Å²) in [5, 5.41) is 4.83. The highest BCUT2D eigenvalue weighted by Gasteiger charge is 2.14. The van der Waals surface area contributed by atoms with Crippen LogP contribution in [0.3, 0.4) is 0 Å². The maximum absolute atomic E-state index is 13.4. The average Bonchev–Trinajstić information content (AvgIpc) is 3.13. The first-order valence-electron chi connectivity index (χ1n) is 9.57. The molecule has 2 aromatic carbocycles. The first kappa shape index (κ1) is 19.0. The van der Waals surface area contributed by atoms with E-state index in [1.807, 2.05) is 16.9 Å². The Morgan fingerprint density at radius 3 is 2.41 bits per heavy atom. The van der Waals surface area contributed by atoms with Gasteiger partial charge >= 0.3 is 0 Å². The number of halogens is 1. The molecule has 0 bridgehead atoms. The second-order valence-corrected chi connectivity index (χ2v) is 7.32. The molecular weight excluding hydrogens is 363 g/mol. The van der Waals surface area contributed by atoms with Gasteiger partial charge in [-0.1, -0.05) is 23.8 Å². The van der Waals surface area contributed by atoms with Gasteiger partial charge < -0.3 is 0 Å². The predicted octanol–water partition coefficient (Wildman–Crippen LogP) is 5.01. The Bertz CT molecular complexity index is 1070. The van der Waals surface area contributed by atoms with Crippen LogP contribution in [0.25, 0.3) is 16.9 Å². The van der Waals surface area contributed by atoms with Gasteiger partial charge in [-0.3, -0.25) is 9.88 Å². The third kappa shape index (κ3) is 4.58. The summed E-state index contributed by atoms with van der Waals surface area (Å²) in [4.78, 5) is 6.41. The lowest BCUT2D eigenvalue weighted by atomic mass is 10.1. The monoisotopic (exact) mass is 386 g/mol. The molecule has 0 saturated carbocycles. The fourth-order valence-electron chi connectivity index (χ4n) is 3.36. The molecule has 29 heavy (non-hydrogen) atoms. The Labute approximate surface area is 170 Å². The summed E-state index contributed by atoms with van der Waals surface area (Å²) in [5.41, 5.74) is 6.22. The fraction of sp³-hybridized carbons (Fsp3) is 0.167. The molecule has 0 aliphatic carbocycles. The number of nitrogens with zero attached hydrogens (tertiary/aromatic N) is 4. The maximum atomic E-state index is 13.4. The van der Waals surface area contributed by atoms with Gasteiger partial charge in [-0.05, 0) is 62.0 Å². The largest absolute Gasteiger partial charge is 0.298 e. The van der Waals surface area contributed by atoms with E-state index < -0.39 is 0 Å².